The Morgan fingerprint density at radius 2 is 2.44 bits per heavy atom. The van der Waals surface area contributed by atoms with Crippen LogP contribution < -0.4 is 10.9 Å². The largest absolute Gasteiger partial charge is 0.374 e. The molecule has 16 heavy (non-hydrogen) atoms. The fourth-order valence-electron chi connectivity index (χ4n) is 1.46. The highest BCUT2D eigenvalue weighted by molar-refractivity contribution is 5.04. The summed E-state index contributed by atoms with van der Waals surface area (Å²) >= 11 is 0. The maximum absolute atomic E-state index is 11.4. The molecule has 0 amide bonds. The molecule has 1 aromatic rings. The SMILES string of the molecule is COC(C)c1nc(CNC2CC2)cc(=O)[nH]1. The molecule has 1 aromatic heterocycles. The first-order valence-electron chi connectivity index (χ1n) is 5.55. The molecule has 5 nitrogen and oxygen atoms in total. The minimum Gasteiger partial charge on any atom is -0.374 e. The normalized spacial score (nSPS) is 17.4. The molecule has 0 spiro atoms. The second-order valence-corrected chi connectivity index (χ2v) is 4.16. The Labute approximate surface area is 94.2 Å². The summed E-state index contributed by atoms with van der Waals surface area (Å²) in [7, 11) is 1.60. The number of H-pyrrole nitrogens is 1. The average molecular weight is 223 g/mol. The van der Waals surface area contributed by atoms with Crippen LogP contribution >= 0.6 is 0 Å². The zero-order valence-electron chi connectivity index (χ0n) is 9.62. The molecule has 0 radical (unpaired) electrons. The van der Waals surface area contributed by atoms with Crippen molar-refractivity contribution in [2.75, 3.05) is 7.11 Å². The van der Waals surface area contributed by atoms with E-state index in [1.165, 1.54) is 18.9 Å². The quantitative estimate of drug-likeness (QED) is 0.772. The van der Waals surface area contributed by atoms with E-state index in [1.54, 1.807) is 7.11 Å². The summed E-state index contributed by atoms with van der Waals surface area (Å²) in [5, 5.41) is 3.33. The molecular weight excluding hydrogens is 206 g/mol. The Bertz CT molecular complexity index is 412. The van der Waals surface area contributed by atoms with E-state index in [2.05, 4.69) is 15.3 Å². The van der Waals surface area contributed by atoms with Gasteiger partial charge in [-0.05, 0) is 19.8 Å². The number of nitrogens with one attached hydrogen (secondary N) is 2. The molecule has 1 unspecified atom stereocenters. The van der Waals surface area contributed by atoms with E-state index >= 15 is 0 Å². The summed E-state index contributed by atoms with van der Waals surface area (Å²) in [6.07, 6.45) is 2.27. The summed E-state index contributed by atoms with van der Waals surface area (Å²) in [5.74, 6) is 0.586. The van der Waals surface area contributed by atoms with Crippen LogP contribution in [0.2, 0.25) is 0 Å². The highest BCUT2D eigenvalue weighted by Gasteiger charge is 2.20. The minimum absolute atomic E-state index is 0.124. The van der Waals surface area contributed by atoms with E-state index in [4.69, 9.17) is 4.74 Å². The standard InChI is InChI=1S/C11H17N3O2/c1-7(16-2)11-13-9(5-10(15)14-11)6-12-8-3-4-8/h5,7-8,12H,3-4,6H2,1-2H3,(H,13,14,15). The summed E-state index contributed by atoms with van der Waals surface area (Å²) < 4.78 is 5.13. The number of nitrogens with zero attached hydrogens (tertiary/aromatic N) is 1. The van der Waals surface area contributed by atoms with E-state index in [9.17, 15) is 4.79 Å². The second kappa shape index (κ2) is 4.76. The van der Waals surface area contributed by atoms with E-state index in [0.29, 0.717) is 18.4 Å². The van der Waals surface area contributed by atoms with Crippen LogP contribution in [0.4, 0.5) is 0 Å². The zero-order valence-corrected chi connectivity index (χ0v) is 9.62. The molecule has 88 valence electrons. The average Bonchev–Trinajstić information content (AvgIpc) is 3.08. The third-order valence-corrected chi connectivity index (χ3v) is 2.70. The summed E-state index contributed by atoms with van der Waals surface area (Å²) in [6.45, 7) is 2.51. The molecule has 0 aromatic carbocycles. The van der Waals surface area contributed by atoms with Gasteiger partial charge >= 0.3 is 0 Å². The van der Waals surface area contributed by atoms with Gasteiger partial charge in [-0.15, -0.1) is 0 Å². The predicted octanol–water partition coefficient (Wildman–Crippen LogP) is 0.729. The van der Waals surface area contributed by atoms with Gasteiger partial charge in [-0.3, -0.25) is 4.79 Å². The summed E-state index contributed by atoms with van der Waals surface area (Å²) in [6, 6.07) is 2.14. The van der Waals surface area contributed by atoms with Crippen LogP contribution in [0.5, 0.6) is 0 Å². The number of methoxy groups -OCH3 is 1. The molecule has 5 heteroatoms. The Balaban J connectivity index is 2.10. The Kier molecular flexibility index (Phi) is 3.36. The van der Waals surface area contributed by atoms with E-state index in [0.717, 1.165) is 5.69 Å². The molecule has 1 aliphatic carbocycles. The lowest BCUT2D eigenvalue weighted by Crippen LogP contribution is -2.21. The monoisotopic (exact) mass is 223 g/mol. The van der Waals surface area contributed by atoms with Gasteiger partial charge in [-0.1, -0.05) is 0 Å². The molecule has 1 fully saturated rings. The van der Waals surface area contributed by atoms with Gasteiger partial charge in [0.05, 0.1) is 5.69 Å². The Morgan fingerprint density at radius 3 is 3.06 bits per heavy atom. The first-order chi connectivity index (χ1) is 7.69. The van der Waals surface area contributed by atoms with Gasteiger partial charge in [0.25, 0.3) is 5.56 Å². The number of aromatic nitrogens is 2. The van der Waals surface area contributed by atoms with Gasteiger partial charge in [-0.2, -0.15) is 0 Å². The van der Waals surface area contributed by atoms with Gasteiger partial charge in [0.1, 0.15) is 11.9 Å². The molecule has 0 saturated heterocycles. The van der Waals surface area contributed by atoms with E-state index in [-0.39, 0.29) is 11.7 Å². The van der Waals surface area contributed by atoms with E-state index in [1.807, 2.05) is 6.92 Å². The van der Waals surface area contributed by atoms with Crippen molar-refractivity contribution in [2.45, 2.75) is 38.5 Å². The minimum atomic E-state index is -0.187. The lowest BCUT2D eigenvalue weighted by Gasteiger charge is -2.10. The van der Waals surface area contributed by atoms with Crippen LogP contribution in [-0.4, -0.2) is 23.1 Å². The lowest BCUT2D eigenvalue weighted by atomic mass is 10.3. The molecule has 1 heterocycles. The highest BCUT2D eigenvalue weighted by atomic mass is 16.5. The number of hydrogen-bond acceptors (Lipinski definition) is 4. The molecule has 2 N–H and O–H groups in total. The number of ether oxygens (including phenoxy) is 1. The highest BCUT2D eigenvalue weighted by Crippen LogP contribution is 2.19. The fraction of sp³-hybridized carbons (Fsp3) is 0.636. The first kappa shape index (κ1) is 11.3. The van der Waals surface area contributed by atoms with Crippen LogP contribution in [0.25, 0.3) is 0 Å². The van der Waals surface area contributed by atoms with Gasteiger partial charge in [-0.25, -0.2) is 4.98 Å². The van der Waals surface area contributed by atoms with Crippen molar-refractivity contribution in [1.82, 2.24) is 15.3 Å². The van der Waals surface area contributed by atoms with Crippen LogP contribution in [0.15, 0.2) is 10.9 Å². The van der Waals surface area contributed by atoms with Gasteiger partial charge in [0.2, 0.25) is 0 Å². The summed E-state index contributed by atoms with van der Waals surface area (Å²) in [5.41, 5.74) is 0.649. The zero-order chi connectivity index (χ0) is 11.5. The third-order valence-electron chi connectivity index (χ3n) is 2.70. The maximum atomic E-state index is 11.4. The van der Waals surface area contributed by atoms with Crippen molar-refractivity contribution in [1.29, 1.82) is 0 Å². The third kappa shape index (κ3) is 2.90. The molecule has 0 aliphatic heterocycles. The second-order valence-electron chi connectivity index (χ2n) is 4.16. The van der Waals surface area contributed by atoms with Gasteiger partial charge in [0.15, 0.2) is 0 Å². The summed E-state index contributed by atoms with van der Waals surface area (Å²) in [4.78, 5) is 18.5. The topological polar surface area (TPSA) is 67.0 Å². The number of rotatable bonds is 5. The molecule has 1 atom stereocenters. The van der Waals surface area contributed by atoms with Crippen LogP contribution in [0.3, 0.4) is 0 Å². The van der Waals surface area contributed by atoms with Crippen LogP contribution in [0, 0.1) is 0 Å². The van der Waals surface area contributed by atoms with Gasteiger partial charge < -0.3 is 15.0 Å². The molecular formula is C11H17N3O2. The molecule has 0 bridgehead atoms. The fourth-order valence-corrected chi connectivity index (χ4v) is 1.46. The van der Waals surface area contributed by atoms with Crippen molar-refractivity contribution in [2.24, 2.45) is 0 Å². The van der Waals surface area contributed by atoms with Crippen molar-refractivity contribution < 1.29 is 4.74 Å². The van der Waals surface area contributed by atoms with Crippen LogP contribution in [0.1, 0.15) is 37.4 Å². The molecule has 2 rings (SSSR count). The molecule has 1 aliphatic rings. The smallest absolute Gasteiger partial charge is 0.251 e. The van der Waals surface area contributed by atoms with Crippen molar-refractivity contribution >= 4 is 0 Å². The number of aromatic amines is 1. The first-order valence-corrected chi connectivity index (χ1v) is 5.55. The predicted molar refractivity (Wildman–Crippen MR) is 60.1 cm³/mol. The van der Waals surface area contributed by atoms with Crippen molar-refractivity contribution in [3.8, 4) is 0 Å². The lowest BCUT2D eigenvalue weighted by molar-refractivity contribution is 0.111. The van der Waals surface area contributed by atoms with Crippen LogP contribution in [-0.2, 0) is 11.3 Å². The Hall–Kier alpha value is -1.20. The van der Waals surface area contributed by atoms with Crippen molar-refractivity contribution in [3.63, 3.8) is 0 Å². The number of hydrogen-bond donors (Lipinski definition) is 2. The Morgan fingerprint density at radius 1 is 1.69 bits per heavy atom. The van der Waals surface area contributed by atoms with Gasteiger partial charge in [0, 0.05) is 25.8 Å². The maximum Gasteiger partial charge on any atom is 0.251 e. The van der Waals surface area contributed by atoms with Crippen molar-refractivity contribution in [3.05, 3.63) is 27.9 Å². The molecule has 1 saturated carbocycles. The van der Waals surface area contributed by atoms with E-state index < -0.39 is 0 Å².